The van der Waals surface area contributed by atoms with Gasteiger partial charge in [-0.1, -0.05) is 109 Å². The molecular weight excluding hydrogens is 721 g/mol. The Morgan fingerprint density at radius 3 is 1.33 bits per heavy atom. The van der Waals surface area contributed by atoms with Crippen molar-refractivity contribution in [1.82, 2.24) is 20.8 Å². The predicted octanol–water partition coefficient (Wildman–Crippen LogP) is 7.29. The monoisotopic (exact) mass is 756 g/mol. The molecule has 10 nitrogen and oxygen atoms in total. The highest BCUT2D eigenvalue weighted by Crippen LogP contribution is 2.24. The van der Waals surface area contributed by atoms with Crippen LogP contribution in [0.1, 0.15) is 43.2 Å². The molecule has 2 N–H and O–H groups in total. The fourth-order valence-electron chi connectivity index (χ4n) is 7.13. The van der Waals surface area contributed by atoms with Crippen LogP contribution in [0, 0.1) is 0 Å². The van der Waals surface area contributed by atoms with E-state index in [1.165, 1.54) is 11.1 Å². The van der Waals surface area contributed by atoms with Gasteiger partial charge in [0.15, 0.2) is 25.5 Å². The van der Waals surface area contributed by atoms with E-state index in [0.29, 0.717) is 11.0 Å². The average Bonchev–Trinajstić information content (AvgIpc) is 3.28. The van der Waals surface area contributed by atoms with Gasteiger partial charge in [0, 0.05) is 57.3 Å². The maximum atomic E-state index is 13.3. The van der Waals surface area contributed by atoms with Crippen molar-refractivity contribution in [2.75, 3.05) is 0 Å². The van der Waals surface area contributed by atoms with Gasteiger partial charge in [0.2, 0.25) is 11.0 Å². The molecule has 10 heteroatoms. The number of fused-ring (bicyclic) bond motifs is 5. The number of pyridine rings is 4. The molecule has 0 unspecified atom stereocenters. The average molecular weight is 757 g/mol. The van der Waals surface area contributed by atoms with Crippen molar-refractivity contribution in [2.24, 2.45) is 10.2 Å². The Bertz CT molecular complexity index is 2850. The minimum absolute atomic E-state index is 0.164. The second-order valence-electron chi connectivity index (χ2n) is 13.8. The van der Waals surface area contributed by atoms with Crippen LogP contribution in [0.3, 0.4) is 0 Å². The number of nitrogens with zero attached hydrogens (tertiary/aromatic N) is 6. The quantitative estimate of drug-likeness (QED) is 0.0660. The van der Waals surface area contributed by atoms with E-state index in [0.717, 1.165) is 56.8 Å². The summed E-state index contributed by atoms with van der Waals surface area (Å²) in [5.74, 6) is -0.950. The molecule has 0 fully saturated rings. The third-order valence-electron chi connectivity index (χ3n) is 10.0. The van der Waals surface area contributed by atoms with Crippen molar-refractivity contribution in [2.45, 2.75) is 13.1 Å². The van der Waals surface area contributed by atoms with Crippen LogP contribution >= 0.6 is 0 Å². The first-order valence-corrected chi connectivity index (χ1v) is 18.8. The van der Waals surface area contributed by atoms with Crippen LogP contribution in [0.2, 0.25) is 0 Å². The third-order valence-corrected chi connectivity index (χ3v) is 10.0. The summed E-state index contributed by atoms with van der Waals surface area (Å²) in [6, 6.07) is 51.5. The number of nitrogens with one attached hydrogen (secondary N) is 2. The fourth-order valence-corrected chi connectivity index (χ4v) is 7.13. The van der Waals surface area contributed by atoms with E-state index in [-0.39, 0.29) is 11.4 Å². The molecule has 0 bridgehead atoms. The molecule has 58 heavy (non-hydrogen) atoms. The Labute approximate surface area is 333 Å². The van der Waals surface area contributed by atoms with Crippen LogP contribution in [0.25, 0.3) is 43.6 Å². The Kier molecular flexibility index (Phi) is 9.86. The summed E-state index contributed by atoms with van der Waals surface area (Å²) in [6.45, 7) is 1.46. The molecule has 4 heterocycles. The number of hydrazone groups is 2. The van der Waals surface area contributed by atoms with Crippen LogP contribution in [0.5, 0.6) is 0 Å². The maximum Gasteiger partial charge on any atom is 0.289 e. The molecule has 0 radical (unpaired) electrons. The summed E-state index contributed by atoms with van der Waals surface area (Å²) in [7, 11) is 0. The molecule has 0 saturated carbocycles. The Morgan fingerprint density at radius 1 is 0.483 bits per heavy atom. The topological polar surface area (TPSA) is 116 Å². The van der Waals surface area contributed by atoms with Gasteiger partial charge in [-0.2, -0.15) is 19.3 Å². The van der Waals surface area contributed by atoms with Gasteiger partial charge in [-0.05, 0) is 24.3 Å². The molecule has 0 aliphatic rings. The van der Waals surface area contributed by atoms with Crippen molar-refractivity contribution in [1.29, 1.82) is 0 Å². The second kappa shape index (κ2) is 16.0. The van der Waals surface area contributed by atoms with Gasteiger partial charge in [0.05, 0.1) is 34.2 Å². The van der Waals surface area contributed by atoms with Gasteiger partial charge in [-0.3, -0.25) is 9.59 Å². The Balaban J connectivity index is 0.916. The van der Waals surface area contributed by atoms with Crippen LogP contribution < -0.4 is 20.0 Å². The van der Waals surface area contributed by atoms with Gasteiger partial charge < -0.3 is 0 Å². The number of rotatable bonds is 10. The Morgan fingerprint density at radius 2 is 0.879 bits per heavy atom. The molecule has 9 rings (SSSR count). The molecule has 0 aliphatic heterocycles. The first-order valence-electron chi connectivity index (χ1n) is 18.8. The molecule has 278 valence electrons. The van der Waals surface area contributed by atoms with Crippen molar-refractivity contribution in [3.63, 3.8) is 0 Å². The maximum absolute atomic E-state index is 13.3. The number of para-hydroxylation sites is 2. The lowest BCUT2D eigenvalue weighted by atomic mass is 10.1. The predicted molar refractivity (Wildman–Crippen MR) is 227 cm³/mol. The van der Waals surface area contributed by atoms with Crippen molar-refractivity contribution >= 4 is 67.9 Å². The van der Waals surface area contributed by atoms with E-state index in [4.69, 9.17) is 0 Å². The van der Waals surface area contributed by atoms with E-state index in [1.807, 2.05) is 122 Å². The number of hydrogen-bond donors (Lipinski definition) is 2. The molecule has 0 atom stereocenters. The molecule has 0 aliphatic carbocycles. The summed E-state index contributed by atoms with van der Waals surface area (Å²) in [5.41, 5.74) is 12.8. The van der Waals surface area contributed by atoms with E-state index >= 15 is 0 Å². The summed E-state index contributed by atoms with van der Waals surface area (Å²) < 4.78 is 4.38. The molecule has 9 aromatic rings. The van der Waals surface area contributed by atoms with Gasteiger partial charge in [-0.15, -0.1) is 0 Å². The summed E-state index contributed by atoms with van der Waals surface area (Å²) in [6.07, 6.45) is 7.33. The molecule has 4 aromatic heterocycles. The van der Waals surface area contributed by atoms with Gasteiger partial charge in [0.1, 0.15) is 11.4 Å². The zero-order valence-corrected chi connectivity index (χ0v) is 31.2. The van der Waals surface area contributed by atoms with Gasteiger partial charge >= 0.3 is 0 Å². The molecular formula is C48H36N8O2+2. The minimum atomic E-state index is -0.475. The van der Waals surface area contributed by atoms with E-state index in [9.17, 15) is 9.59 Å². The summed E-state index contributed by atoms with van der Waals surface area (Å²) in [5, 5.41) is 12.1. The number of carbonyl (C=O) groups is 2. The normalized spacial score (nSPS) is 11.6. The number of carbonyl (C=O) groups excluding carboxylic acids is 2. The van der Waals surface area contributed by atoms with E-state index in [1.54, 1.807) is 24.6 Å². The molecule has 5 aromatic carbocycles. The number of aromatic nitrogens is 4. The van der Waals surface area contributed by atoms with Crippen molar-refractivity contribution in [3.8, 4) is 0 Å². The van der Waals surface area contributed by atoms with Gasteiger partial charge in [-0.25, -0.2) is 20.8 Å². The summed E-state index contributed by atoms with van der Waals surface area (Å²) in [4.78, 5) is 36.0. The highest BCUT2D eigenvalue weighted by atomic mass is 16.2. The van der Waals surface area contributed by atoms with Crippen LogP contribution in [0.4, 0.5) is 0 Å². The SMILES string of the molecule is O=C(N/N=C/c1cc[n+](Cc2ccccc2)c2ccccc12)c1ccc2ccc3ccc(C(=O)N/N=C/c4cc[n+](Cc5ccccc5)c5ccccc45)nc3c2n1. The van der Waals surface area contributed by atoms with Crippen molar-refractivity contribution in [3.05, 3.63) is 204 Å². The molecule has 0 saturated heterocycles. The zero-order chi connectivity index (χ0) is 39.3. The second-order valence-corrected chi connectivity index (χ2v) is 13.8. The fraction of sp³-hybridized carbons (Fsp3) is 0.0417. The largest absolute Gasteiger partial charge is 0.289 e. The van der Waals surface area contributed by atoms with Gasteiger partial charge in [0.25, 0.3) is 11.8 Å². The lowest BCUT2D eigenvalue weighted by molar-refractivity contribution is -0.662. The van der Waals surface area contributed by atoms with Crippen LogP contribution in [-0.2, 0) is 13.1 Å². The highest BCUT2D eigenvalue weighted by Gasteiger charge is 2.16. The smallest absolute Gasteiger partial charge is 0.266 e. The lowest BCUT2D eigenvalue weighted by Crippen LogP contribution is -2.35. The Hall–Kier alpha value is -7.98. The first kappa shape index (κ1) is 35.7. The molecule has 0 spiro atoms. The lowest BCUT2D eigenvalue weighted by Gasteiger charge is -2.07. The zero-order valence-electron chi connectivity index (χ0n) is 31.2. The minimum Gasteiger partial charge on any atom is -0.266 e. The van der Waals surface area contributed by atoms with E-state index < -0.39 is 11.8 Å². The number of amides is 2. The first-order chi connectivity index (χ1) is 28.6. The number of benzene rings is 5. The van der Waals surface area contributed by atoms with E-state index in [2.05, 4.69) is 76.6 Å². The van der Waals surface area contributed by atoms with Crippen LogP contribution in [0.15, 0.2) is 180 Å². The molecule has 2 amide bonds. The van der Waals surface area contributed by atoms with Crippen LogP contribution in [-0.4, -0.2) is 34.2 Å². The number of hydrogen-bond acceptors (Lipinski definition) is 6. The standard InChI is InChI=1S/C48H34N8O2/c57-47(53-49-29-37-25-27-55(31-33-11-3-1-4-12-33)43-17-9-7-15-39(37)43)41-23-21-35-19-20-36-22-24-42(52-46(36)45(35)51-41)48(58)54-50-30-38-26-28-56(32-34-13-5-2-6-14-34)44-18-10-8-16-40(38)44/h1-30H,31-32H2/p+2. The highest BCUT2D eigenvalue weighted by molar-refractivity contribution is 6.07. The third kappa shape index (κ3) is 7.49. The summed E-state index contributed by atoms with van der Waals surface area (Å²) >= 11 is 0. The van der Waals surface area contributed by atoms with Crippen molar-refractivity contribution < 1.29 is 18.7 Å².